The van der Waals surface area contributed by atoms with E-state index in [4.69, 9.17) is 9.84 Å². The van der Waals surface area contributed by atoms with Crippen LogP contribution in [-0.2, 0) is 11.3 Å². The van der Waals surface area contributed by atoms with Crippen LogP contribution < -0.4 is 10.1 Å². The lowest BCUT2D eigenvalue weighted by Crippen LogP contribution is -2.27. The lowest BCUT2D eigenvalue weighted by molar-refractivity contribution is -0.136. The SMILES string of the molecule is CC(Sc1ccccc1C(=O)NCc1ccccc1OC1CCC1)C(=O)O. The monoisotopic (exact) mass is 385 g/mol. The molecule has 0 saturated heterocycles. The van der Waals surface area contributed by atoms with Gasteiger partial charge in [0.25, 0.3) is 5.91 Å². The molecule has 0 radical (unpaired) electrons. The average Bonchev–Trinajstić information content (AvgIpc) is 2.63. The Morgan fingerprint density at radius 2 is 1.89 bits per heavy atom. The Labute approximate surface area is 163 Å². The number of thioether (sulfide) groups is 1. The molecule has 6 heteroatoms. The van der Waals surface area contributed by atoms with Gasteiger partial charge in [0, 0.05) is 17.0 Å². The van der Waals surface area contributed by atoms with Crippen LogP contribution in [0.2, 0.25) is 0 Å². The molecule has 0 bridgehead atoms. The summed E-state index contributed by atoms with van der Waals surface area (Å²) < 4.78 is 6.00. The maximum atomic E-state index is 12.7. The zero-order valence-corrected chi connectivity index (χ0v) is 16.0. The molecule has 1 atom stereocenters. The Kier molecular flexibility index (Phi) is 6.40. The maximum Gasteiger partial charge on any atom is 0.316 e. The van der Waals surface area contributed by atoms with Crippen molar-refractivity contribution >= 4 is 23.6 Å². The molecule has 27 heavy (non-hydrogen) atoms. The van der Waals surface area contributed by atoms with Crippen LogP contribution in [-0.4, -0.2) is 28.3 Å². The number of carbonyl (C=O) groups is 2. The van der Waals surface area contributed by atoms with Gasteiger partial charge in [-0.2, -0.15) is 0 Å². The minimum Gasteiger partial charge on any atom is -0.490 e. The number of carbonyl (C=O) groups excluding carboxylic acids is 1. The second-order valence-corrected chi connectivity index (χ2v) is 7.94. The van der Waals surface area contributed by atoms with Crippen LogP contribution in [0.1, 0.15) is 42.1 Å². The molecule has 1 aliphatic carbocycles. The van der Waals surface area contributed by atoms with E-state index < -0.39 is 11.2 Å². The van der Waals surface area contributed by atoms with Gasteiger partial charge in [0.1, 0.15) is 11.0 Å². The van der Waals surface area contributed by atoms with Crippen LogP contribution >= 0.6 is 11.8 Å². The molecule has 1 unspecified atom stereocenters. The van der Waals surface area contributed by atoms with Crippen LogP contribution in [0.4, 0.5) is 0 Å². The third kappa shape index (κ3) is 5.04. The Morgan fingerprint density at radius 1 is 1.19 bits per heavy atom. The van der Waals surface area contributed by atoms with Crippen molar-refractivity contribution in [2.24, 2.45) is 0 Å². The Morgan fingerprint density at radius 3 is 2.59 bits per heavy atom. The molecule has 142 valence electrons. The highest BCUT2D eigenvalue weighted by Gasteiger charge is 2.21. The van der Waals surface area contributed by atoms with Crippen molar-refractivity contribution in [2.75, 3.05) is 0 Å². The highest BCUT2D eigenvalue weighted by molar-refractivity contribution is 8.00. The standard InChI is InChI=1S/C21H23NO4S/c1-14(21(24)25)27-19-12-5-3-10-17(19)20(23)22-13-15-7-2-4-11-18(15)26-16-8-6-9-16/h2-5,7,10-12,14,16H,6,8-9,13H2,1H3,(H,22,23)(H,24,25). The van der Waals surface area contributed by atoms with Gasteiger partial charge in [0.2, 0.25) is 0 Å². The molecular formula is C21H23NO4S. The molecule has 0 spiro atoms. The number of amides is 1. The fourth-order valence-electron chi connectivity index (χ4n) is 2.70. The number of carboxylic acid groups (broad SMARTS) is 1. The van der Waals surface area contributed by atoms with Crippen LogP contribution in [0.3, 0.4) is 0 Å². The third-order valence-corrected chi connectivity index (χ3v) is 5.71. The van der Waals surface area contributed by atoms with Crippen molar-refractivity contribution in [1.29, 1.82) is 0 Å². The van der Waals surface area contributed by atoms with Crippen molar-refractivity contribution in [3.63, 3.8) is 0 Å². The highest BCUT2D eigenvalue weighted by atomic mass is 32.2. The molecule has 2 N–H and O–H groups in total. The quantitative estimate of drug-likeness (QED) is 0.669. The van der Waals surface area contributed by atoms with Gasteiger partial charge in [0.15, 0.2) is 0 Å². The summed E-state index contributed by atoms with van der Waals surface area (Å²) in [6.07, 6.45) is 3.63. The highest BCUT2D eigenvalue weighted by Crippen LogP contribution is 2.29. The van der Waals surface area contributed by atoms with Gasteiger partial charge in [-0.1, -0.05) is 30.3 Å². The fourth-order valence-corrected chi connectivity index (χ4v) is 3.63. The number of benzene rings is 2. The summed E-state index contributed by atoms with van der Waals surface area (Å²) in [5, 5.41) is 11.4. The van der Waals surface area contributed by atoms with E-state index in [-0.39, 0.29) is 12.0 Å². The number of hydrogen-bond donors (Lipinski definition) is 2. The molecular weight excluding hydrogens is 362 g/mol. The van der Waals surface area contributed by atoms with Gasteiger partial charge >= 0.3 is 5.97 Å². The lowest BCUT2D eigenvalue weighted by Gasteiger charge is -2.27. The van der Waals surface area contributed by atoms with E-state index in [9.17, 15) is 9.59 Å². The predicted molar refractivity (Wildman–Crippen MR) is 105 cm³/mol. The van der Waals surface area contributed by atoms with Crippen LogP contribution in [0, 0.1) is 0 Å². The molecule has 1 amide bonds. The van der Waals surface area contributed by atoms with Gasteiger partial charge in [0.05, 0.1) is 11.7 Å². The van der Waals surface area contributed by atoms with E-state index in [1.165, 1.54) is 18.2 Å². The largest absolute Gasteiger partial charge is 0.490 e. The van der Waals surface area contributed by atoms with Gasteiger partial charge in [-0.3, -0.25) is 9.59 Å². The Bertz CT molecular complexity index is 819. The molecule has 2 aromatic rings. The number of hydrogen-bond acceptors (Lipinski definition) is 4. The molecule has 5 nitrogen and oxygen atoms in total. The number of aliphatic carboxylic acids is 1. The minimum absolute atomic E-state index is 0.228. The zero-order chi connectivity index (χ0) is 19.2. The lowest BCUT2D eigenvalue weighted by atomic mass is 9.96. The minimum atomic E-state index is -0.905. The second kappa shape index (κ2) is 8.95. The Balaban J connectivity index is 1.67. The topological polar surface area (TPSA) is 75.6 Å². The van der Waals surface area contributed by atoms with Crippen LogP contribution in [0.5, 0.6) is 5.75 Å². The number of para-hydroxylation sites is 1. The van der Waals surface area contributed by atoms with Crippen molar-refractivity contribution < 1.29 is 19.4 Å². The number of carboxylic acids is 1. The summed E-state index contributed by atoms with van der Waals surface area (Å²) >= 11 is 1.17. The molecule has 0 aliphatic heterocycles. The summed E-state index contributed by atoms with van der Waals surface area (Å²) in [6.45, 7) is 1.96. The first-order chi connectivity index (χ1) is 13.0. The zero-order valence-electron chi connectivity index (χ0n) is 15.2. The summed E-state index contributed by atoms with van der Waals surface area (Å²) in [4.78, 5) is 24.5. The van der Waals surface area contributed by atoms with Crippen molar-refractivity contribution in [2.45, 2.75) is 49.0 Å². The molecule has 0 aromatic heterocycles. The van der Waals surface area contributed by atoms with Crippen molar-refractivity contribution in [1.82, 2.24) is 5.32 Å². The summed E-state index contributed by atoms with van der Waals surface area (Å²) in [6, 6.07) is 14.8. The summed E-state index contributed by atoms with van der Waals surface area (Å²) in [5.41, 5.74) is 1.41. The maximum absolute atomic E-state index is 12.7. The number of rotatable bonds is 8. The smallest absolute Gasteiger partial charge is 0.316 e. The summed E-state index contributed by atoms with van der Waals surface area (Å²) in [5.74, 6) is -0.323. The van der Waals surface area contributed by atoms with Crippen molar-refractivity contribution in [3.05, 3.63) is 59.7 Å². The van der Waals surface area contributed by atoms with E-state index in [1.807, 2.05) is 24.3 Å². The van der Waals surface area contributed by atoms with E-state index in [1.54, 1.807) is 31.2 Å². The first kappa shape index (κ1) is 19.3. The predicted octanol–water partition coefficient (Wildman–Crippen LogP) is 4.11. The normalized spacial score (nSPS) is 14.9. The van der Waals surface area contributed by atoms with Crippen LogP contribution in [0.25, 0.3) is 0 Å². The van der Waals surface area contributed by atoms with E-state index in [0.29, 0.717) is 17.0 Å². The molecule has 1 aliphatic rings. The van der Waals surface area contributed by atoms with E-state index in [2.05, 4.69) is 5.32 Å². The first-order valence-electron chi connectivity index (χ1n) is 9.06. The summed E-state index contributed by atoms with van der Waals surface area (Å²) in [7, 11) is 0. The molecule has 1 saturated carbocycles. The first-order valence-corrected chi connectivity index (χ1v) is 9.94. The average molecular weight is 385 g/mol. The van der Waals surface area contributed by atoms with Crippen molar-refractivity contribution in [3.8, 4) is 5.75 Å². The van der Waals surface area contributed by atoms with Gasteiger partial charge in [-0.05, 0) is 44.4 Å². The Hall–Kier alpha value is -2.47. The van der Waals surface area contributed by atoms with E-state index >= 15 is 0 Å². The molecule has 1 fully saturated rings. The molecule has 2 aromatic carbocycles. The van der Waals surface area contributed by atoms with Crippen LogP contribution in [0.15, 0.2) is 53.4 Å². The number of ether oxygens (including phenoxy) is 1. The molecule has 0 heterocycles. The molecule has 3 rings (SSSR count). The van der Waals surface area contributed by atoms with Gasteiger partial charge < -0.3 is 15.2 Å². The number of nitrogens with one attached hydrogen (secondary N) is 1. The second-order valence-electron chi connectivity index (χ2n) is 6.56. The fraction of sp³-hybridized carbons (Fsp3) is 0.333. The van der Waals surface area contributed by atoms with E-state index in [0.717, 1.165) is 24.2 Å². The van der Waals surface area contributed by atoms with Gasteiger partial charge in [-0.25, -0.2) is 0 Å². The third-order valence-electron chi connectivity index (χ3n) is 4.54. The van der Waals surface area contributed by atoms with Gasteiger partial charge in [-0.15, -0.1) is 11.8 Å².